The molecule has 1 amide bonds. The predicted molar refractivity (Wildman–Crippen MR) is 107 cm³/mol. The topological polar surface area (TPSA) is 67.2 Å². The van der Waals surface area contributed by atoms with Crippen molar-refractivity contribution in [2.45, 2.75) is 37.6 Å². The minimum absolute atomic E-state index is 0.193. The molecule has 1 aliphatic carbocycles. The Kier molecular flexibility index (Phi) is 5.81. The van der Waals surface area contributed by atoms with Crippen LogP contribution in [0.25, 0.3) is 6.08 Å². The average molecular weight is 380 g/mol. The lowest BCUT2D eigenvalue weighted by Crippen LogP contribution is -2.57. The van der Waals surface area contributed by atoms with E-state index in [0.29, 0.717) is 0 Å². The standard InChI is InChI=1S/C21H28N6O/c28-20(21(11-5-2-6-12-21)27-18-22-23-24-27)26-16-14-25(15-17-26)13-7-10-19-8-3-1-4-9-19/h1,3-4,7-10,18H,2,5-6,11-17H2. The van der Waals surface area contributed by atoms with Crippen LogP contribution in [0.3, 0.4) is 0 Å². The second-order valence-electron chi connectivity index (χ2n) is 7.75. The number of rotatable bonds is 5. The Bertz CT molecular complexity index is 774. The van der Waals surface area contributed by atoms with E-state index in [9.17, 15) is 4.79 Å². The van der Waals surface area contributed by atoms with E-state index in [2.05, 4.69) is 56.8 Å². The Morgan fingerprint density at radius 3 is 2.46 bits per heavy atom. The summed E-state index contributed by atoms with van der Waals surface area (Å²) in [7, 11) is 0. The highest BCUT2D eigenvalue weighted by Crippen LogP contribution is 2.36. The number of hydrogen-bond donors (Lipinski definition) is 0. The molecule has 0 atom stereocenters. The van der Waals surface area contributed by atoms with Gasteiger partial charge in [0, 0.05) is 32.7 Å². The maximum absolute atomic E-state index is 13.5. The van der Waals surface area contributed by atoms with Crippen LogP contribution in [0.1, 0.15) is 37.7 Å². The summed E-state index contributed by atoms with van der Waals surface area (Å²) in [6.07, 6.45) is 10.9. The molecule has 1 saturated carbocycles. The molecule has 0 spiro atoms. The first-order valence-electron chi connectivity index (χ1n) is 10.2. The number of carbonyl (C=O) groups excluding carboxylic acids is 1. The molecule has 2 aromatic rings. The largest absolute Gasteiger partial charge is 0.338 e. The lowest BCUT2D eigenvalue weighted by Gasteiger charge is -2.42. The van der Waals surface area contributed by atoms with Gasteiger partial charge in [-0.3, -0.25) is 9.69 Å². The Morgan fingerprint density at radius 1 is 1.04 bits per heavy atom. The normalized spacial score (nSPS) is 20.5. The highest BCUT2D eigenvalue weighted by Gasteiger charge is 2.45. The third-order valence-electron chi connectivity index (χ3n) is 6.00. The van der Waals surface area contributed by atoms with Gasteiger partial charge in [0.05, 0.1) is 0 Å². The highest BCUT2D eigenvalue weighted by molar-refractivity contribution is 5.84. The Balaban J connectivity index is 1.35. The number of carbonyl (C=O) groups is 1. The van der Waals surface area contributed by atoms with Crippen molar-refractivity contribution in [3.05, 3.63) is 48.3 Å². The zero-order chi connectivity index (χ0) is 19.2. The zero-order valence-corrected chi connectivity index (χ0v) is 16.3. The Hall–Kier alpha value is -2.54. The zero-order valence-electron chi connectivity index (χ0n) is 16.3. The quantitative estimate of drug-likeness (QED) is 0.795. The lowest BCUT2D eigenvalue weighted by atomic mass is 9.80. The number of tetrazole rings is 1. The molecule has 1 aromatic heterocycles. The Morgan fingerprint density at radius 2 is 1.79 bits per heavy atom. The third-order valence-corrected chi connectivity index (χ3v) is 6.00. The number of amides is 1. The fraction of sp³-hybridized carbons (Fsp3) is 0.524. The second kappa shape index (κ2) is 8.65. The molecule has 28 heavy (non-hydrogen) atoms. The molecular formula is C21H28N6O. The van der Waals surface area contributed by atoms with Gasteiger partial charge in [0.15, 0.2) is 0 Å². The SMILES string of the molecule is O=C(N1CCN(CC=Cc2ccccc2)CC1)C1(n2cnnn2)CCCCC1. The van der Waals surface area contributed by atoms with Crippen LogP contribution in [0.15, 0.2) is 42.7 Å². The van der Waals surface area contributed by atoms with Crippen molar-refractivity contribution in [2.75, 3.05) is 32.7 Å². The van der Waals surface area contributed by atoms with Crippen molar-refractivity contribution >= 4 is 12.0 Å². The average Bonchev–Trinajstić information content (AvgIpc) is 3.31. The van der Waals surface area contributed by atoms with Gasteiger partial charge >= 0.3 is 0 Å². The van der Waals surface area contributed by atoms with Gasteiger partial charge in [-0.25, -0.2) is 4.68 Å². The van der Waals surface area contributed by atoms with Crippen molar-refractivity contribution < 1.29 is 4.79 Å². The van der Waals surface area contributed by atoms with Gasteiger partial charge < -0.3 is 4.90 Å². The first-order chi connectivity index (χ1) is 13.8. The van der Waals surface area contributed by atoms with Gasteiger partial charge in [-0.1, -0.05) is 61.7 Å². The molecule has 1 saturated heterocycles. The molecule has 2 fully saturated rings. The number of nitrogens with zero attached hydrogens (tertiary/aromatic N) is 6. The monoisotopic (exact) mass is 380 g/mol. The molecule has 1 aromatic carbocycles. The summed E-state index contributed by atoms with van der Waals surface area (Å²) in [5.41, 5.74) is 0.633. The molecule has 1 aliphatic heterocycles. The number of aromatic nitrogens is 4. The van der Waals surface area contributed by atoms with Gasteiger partial charge in [-0.2, -0.15) is 0 Å². The first-order valence-corrected chi connectivity index (χ1v) is 10.2. The molecule has 148 valence electrons. The molecule has 0 unspecified atom stereocenters. The van der Waals surface area contributed by atoms with Crippen LogP contribution in [-0.2, 0) is 10.3 Å². The Labute approximate surface area is 166 Å². The number of piperazine rings is 1. The van der Waals surface area contributed by atoms with Crippen molar-refractivity contribution in [2.24, 2.45) is 0 Å². The summed E-state index contributed by atoms with van der Waals surface area (Å²) in [6, 6.07) is 10.3. The van der Waals surface area contributed by atoms with Gasteiger partial charge in [0.2, 0.25) is 0 Å². The molecule has 0 bridgehead atoms. The molecule has 0 N–H and O–H groups in total. The van der Waals surface area contributed by atoms with Crippen LogP contribution >= 0.6 is 0 Å². The van der Waals surface area contributed by atoms with Crippen LogP contribution in [0.5, 0.6) is 0 Å². The van der Waals surface area contributed by atoms with Crippen LogP contribution < -0.4 is 0 Å². The van der Waals surface area contributed by atoms with Gasteiger partial charge in [0.1, 0.15) is 11.9 Å². The van der Waals surface area contributed by atoms with E-state index in [1.165, 1.54) is 12.0 Å². The summed E-state index contributed by atoms with van der Waals surface area (Å²) in [5.74, 6) is 0.193. The summed E-state index contributed by atoms with van der Waals surface area (Å²) >= 11 is 0. The highest BCUT2D eigenvalue weighted by atomic mass is 16.2. The lowest BCUT2D eigenvalue weighted by molar-refractivity contribution is -0.145. The second-order valence-corrected chi connectivity index (χ2v) is 7.75. The van der Waals surface area contributed by atoms with Crippen molar-refractivity contribution in [1.82, 2.24) is 30.0 Å². The predicted octanol–water partition coefficient (Wildman–Crippen LogP) is 2.19. The van der Waals surface area contributed by atoms with E-state index in [1.54, 1.807) is 11.0 Å². The maximum Gasteiger partial charge on any atom is 0.250 e. The van der Waals surface area contributed by atoms with Gasteiger partial charge in [-0.05, 0) is 28.8 Å². The van der Waals surface area contributed by atoms with E-state index < -0.39 is 5.54 Å². The van der Waals surface area contributed by atoms with Crippen LogP contribution in [0.2, 0.25) is 0 Å². The summed E-state index contributed by atoms with van der Waals surface area (Å²) in [4.78, 5) is 17.9. The van der Waals surface area contributed by atoms with E-state index in [1.807, 2.05) is 11.0 Å². The van der Waals surface area contributed by atoms with Crippen LogP contribution in [-0.4, -0.2) is 68.6 Å². The van der Waals surface area contributed by atoms with E-state index in [4.69, 9.17) is 0 Å². The minimum atomic E-state index is -0.586. The van der Waals surface area contributed by atoms with Gasteiger partial charge in [-0.15, -0.1) is 5.10 Å². The van der Waals surface area contributed by atoms with Crippen molar-refractivity contribution in [3.63, 3.8) is 0 Å². The van der Waals surface area contributed by atoms with Crippen LogP contribution in [0, 0.1) is 0 Å². The molecule has 7 nitrogen and oxygen atoms in total. The summed E-state index contributed by atoms with van der Waals surface area (Å²) < 4.78 is 1.71. The molecule has 4 rings (SSSR count). The molecule has 2 aliphatic rings. The molecule has 2 heterocycles. The summed E-state index contributed by atoms with van der Waals surface area (Å²) in [6.45, 7) is 4.24. The van der Waals surface area contributed by atoms with Crippen LogP contribution in [0.4, 0.5) is 0 Å². The first kappa shape index (κ1) is 18.8. The third kappa shape index (κ3) is 3.99. The van der Waals surface area contributed by atoms with E-state index in [0.717, 1.165) is 58.4 Å². The maximum atomic E-state index is 13.5. The minimum Gasteiger partial charge on any atom is -0.338 e. The van der Waals surface area contributed by atoms with E-state index >= 15 is 0 Å². The van der Waals surface area contributed by atoms with Gasteiger partial charge in [0.25, 0.3) is 5.91 Å². The number of benzene rings is 1. The van der Waals surface area contributed by atoms with Crippen molar-refractivity contribution in [3.8, 4) is 0 Å². The molecule has 7 heteroatoms. The fourth-order valence-corrected chi connectivity index (χ4v) is 4.36. The smallest absolute Gasteiger partial charge is 0.250 e. The van der Waals surface area contributed by atoms with E-state index in [-0.39, 0.29) is 5.91 Å². The molecule has 0 radical (unpaired) electrons. The summed E-state index contributed by atoms with van der Waals surface area (Å²) in [5, 5.41) is 11.7. The number of hydrogen-bond acceptors (Lipinski definition) is 5. The molecular weight excluding hydrogens is 352 g/mol. The fourth-order valence-electron chi connectivity index (χ4n) is 4.36. The van der Waals surface area contributed by atoms with Crippen molar-refractivity contribution in [1.29, 1.82) is 0 Å².